The number of likely N-dealkylation sites (tertiary alicyclic amines) is 1. The van der Waals surface area contributed by atoms with Gasteiger partial charge < -0.3 is 14.5 Å². The second-order valence-electron chi connectivity index (χ2n) is 7.22. The third-order valence-electron chi connectivity index (χ3n) is 5.74. The number of carbonyl (C=O) groups is 1. The molecule has 2 aromatic rings. The van der Waals surface area contributed by atoms with Crippen molar-refractivity contribution < 1.29 is 9.53 Å². The second kappa shape index (κ2) is 6.59. The summed E-state index contributed by atoms with van der Waals surface area (Å²) in [6.45, 7) is 6.39. The summed E-state index contributed by atoms with van der Waals surface area (Å²) in [5.41, 5.74) is 2.50. The summed E-state index contributed by atoms with van der Waals surface area (Å²) in [6, 6.07) is 10.4. The molecule has 2 aliphatic heterocycles. The van der Waals surface area contributed by atoms with E-state index < -0.39 is 0 Å². The fourth-order valence-corrected chi connectivity index (χ4v) is 4.49. The number of methoxy groups -OCH3 is 1. The van der Waals surface area contributed by atoms with Crippen molar-refractivity contribution in [3.63, 3.8) is 0 Å². The number of hydrogen-bond donors (Lipinski definition) is 0. The van der Waals surface area contributed by atoms with Gasteiger partial charge in [-0.1, -0.05) is 24.3 Å². The Balaban J connectivity index is 1.64. The van der Waals surface area contributed by atoms with E-state index in [4.69, 9.17) is 4.74 Å². The molecule has 0 aliphatic carbocycles. The molecule has 2 saturated heterocycles. The monoisotopic (exact) mass is 352 g/mol. The van der Waals surface area contributed by atoms with Gasteiger partial charge in [-0.3, -0.25) is 4.79 Å². The summed E-state index contributed by atoms with van der Waals surface area (Å²) in [4.78, 5) is 25.1. The Morgan fingerprint density at radius 3 is 2.73 bits per heavy atom. The van der Waals surface area contributed by atoms with Crippen molar-refractivity contribution in [2.45, 2.75) is 19.9 Å². The van der Waals surface area contributed by atoms with E-state index in [0.717, 1.165) is 25.5 Å². The Bertz CT molecular complexity index is 825. The van der Waals surface area contributed by atoms with Crippen LogP contribution in [0.25, 0.3) is 0 Å². The summed E-state index contributed by atoms with van der Waals surface area (Å²) in [6.07, 6.45) is 1.54. The van der Waals surface area contributed by atoms with E-state index in [0.29, 0.717) is 17.7 Å². The van der Waals surface area contributed by atoms with Crippen molar-refractivity contribution in [1.82, 2.24) is 14.9 Å². The van der Waals surface area contributed by atoms with Crippen molar-refractivity contribution in [1.29, 1.82) is 0 Å². The molecule has 3 heterocycles. The SMILES string of the molecule is COc1cc(N2C[C@@H]3CN(C(C)=O)[C@@H](c4ccccc4C)[C@@H]3C2)ncn1. The van der Waals surface area contributed by atoms with Crippen LogP contribution in [0.3, 0.4) is 0 Å². The number of nitrogens with zero attached hydrogens (tertiary/aromatic N) is 4. The molecule has 1 aromatic carbocycles. The molecule has 1 amide bonds. The fraction of sp³-hybridized carbons (Fsp3) is 0.450. The highest BCUT2D eigenvalue weighted by molar-refractivity contribution is 5.74. The van der Waals surface area contributed by atoms with E-state index in [1.165, 1.54) is 11.1 Å². The van der Waals surface area contributed by atoms with Crippen LogP contribution in [0.5, 0.6) is 5.88 Å². The first-order valence-corrected chi connectivity index (χ1v) is 9.02. The fourth-order valence-electron chi connectivity index (χ4n) is 4.49. The molecule has 26 heavy (non-hydrogen) atoms. The Kier molecular flexibility index (Phi) is 4.26. The van der Waals surface area contributed by atoms with E-state index in [1.807, 2.05) is 6.07 Å². The van der Waals surface area contributed by atoms with Gasteiger partial charge >= 0.3 is 0 Å². The molecule has 3 atom stereocenters. The topological polar surface area (TPSA) is 58.6 Å². The quantitative estimate of drug-likeness (QED) is 0.849. The number of fused-ring (bicyclic) bond motifs is 1. The van der Waals surface area contributed by atoms with Gasteiger partial charge in [-0.05, 0) is 18.1 Å². The van der Waals surface area contributed by atoms with E-state index in [2.05, 4.69) is 51.0 Å². The highest BCUT2D eigenvalue weighted by Gasteiger charge is 2.49. The third kappa shape index (κ3) is 2.79. The van der Waals surface area contributed by atoms with Crippen LogP contribution in [0.2, 0.25) is 0 Å². The van der Waals surface area contributed by atoms with Crippen LogP contribution in [0.4, 0.5) is 5.82 Å². The number of hydrogen-bond acceptors (Lipinski definition) is 5. The number of aryl methyl sites for hydroxylation is 1. The van der Waals surface area contributed by atoms with Crippen LogP contribution in [-0.4, -0.2) is 47.5 Å². The molecule has 6 nitrogen and oxygen atoms in total. The van der Waals surface area contributed by atoms with Gasteiger partial charge in [-0.15, -0.1) is 0 Å². The summed E-state index contributed by atoms with van der Waals surface area (Å²) in [7, 11) is 1.61. The third-order valence-corrected chi connectivity index (χ3v) is 5.74. The molecule has 0 N–H and O–H groups in total. The van der Waals surface area contributed by atoms with Gasteiger partial charge in [0.2, 0.25) is 11.8 Å². The minimum absolute atomic E-state index is 0.132. The van der Waals surface area contributed by atoms with Gasteiger partial charge in [0, 0.05) is 44.5 Å². The number of carbonyl (C=O) groups excluding carboxylic acids is 1. The van der Waals surface area contributed by atoms with Crippen LogP contribution < -0.4 is 9.64 Å². The maximum Gasteiger partial charge on any atom is 0.219 e. The van der Waals surface area contributed by atoms with Crippen molar-refractivity contribution in [2.24, 2.45) is 11.8 Å². The first kappa shape index (κ1) is 16.8. The van der Waals surface area contributed by atoms with Crippen molar-refractivity contribution in [3.05, 3.63) is 47.8 Å². The highest BCUT2D eigenvalue weighted by atomic mass is 16.5. The maximum atomic E-state index is 12.3. The van der Waals surface area contributed by atoms with E-state index >= 15 is 0 Å². The molecule has 2 fully saturated rings. The van der Waals surface area contributed by atoms with Gasteiger partial charge in [0.05, 0.1) is 13.2 Å². The van der Waals surface area contributed by atoms with Crippen molar-refractivity contribution in [3.8, 4) is 5.88 Å². The molecule has 0 radical (unpaired) electrons. The van der Waals surface area contributed by atoms with Crippen LogP contribution in [0, 0.1) is 18.8 Å². The van der Waals surface area contributed by atoms with Gasteiger partial charge in [0.25, 0.3) is 0 Å². The lowest BCUT2D eigenvalue weighted by Crippen LogP contribution is -2.34. The highest BCUT2D eigenvalue weighted by Crippen LogP contribution is 2.46. The number of rotatable bonds is 3. The molecule has 136 valence electrons. The first-order valence-electron chi connectivity index (χ1n) is 9.02. The molecule has 6 heteroatoms. The predicted octanol–water partition coefficient (Wildman–Crippen LogP) is 2.45. The van der Waals surface area contributed by atoms with Gasteiger partial charge in [0.1, 0.15) is 12.1 Å². The first-order chi connectivity index (χ1) is 12.6. The summed E-state index contributed by atoms with van der Waals surface area (Å²) >= 11 is 0. The molecule has 0 saturated carbocycles. The summed E-state index contributed by atoms with van der Waals surface area (Å²) in [5, 5.41) is 0. The van der Waals surface area contributed by atoms with E-state index in [1.54, 1.807) is 20.4 Å². The predicted molar refractivity (Wildman–Crippen MR) is 99.1 cm³/mol. The number of amides is 1. The van der Waals surface area contributed by atoms with Gasteiger partial charge in [-0.2, -0.15) is 0 Å². The lowest BCUT2D eigenvalue weighted by molar-refractivity contribution is -0.130. The van der Waals surface area contributed by atoms with Crippen LogP contribution in [-0.2, 0) is 4.79 Å². The molecule has 0 bridgehead atoms. The lowest BCUT2D eigenvalue weighted by Gasteiger charge is -2.30. The normalized spacial score (nSPS) is 24.7. The van der Waals surface area contributed by atoms with Crippen LogP contribution in [0.1, 0.15) is 24.1 Å². The Hall–Kier alpha value is -2.63. The standard InChI is InChI=1S/C20H24N4O2/c1-13-6-4-5-7-16(13)20-17-11-23(9-15(17)10-24(20)14(2)25)18-8-19(26-3)22-12-21-18/h4-8,12,15,17,20H,9-11H2,1-3H3/t15-,17-,20+/m1/s1. The van der Waals surface area contributed by atoms with E-state index in [-0.39, 0.29) is 11.9 Å². The number of aromatic nitrogens is 2. The largest absolute Gasteiger partial charge is 0.481 e. The Labute approximate surface area is 153 Å². The summed E-state index contributed by atoms with van der Waals surface area (Å²) in [5.74, 6) is 2.48. The zero-order valence-corrected chi connectivity index (χ0v) is 15.4. The van der Waals surface area contributed by atoms with Gasteiger partial charge in [0.15, 0.2) is 0 Å². The Morgan fingerprint density at radius 2 is 2.00 bits per heavy atom. The molecule has 4 rings (SSSR count). The summed E-state index contributed by atoms with van der Waals surface area (Å²) < 4.78 is 5.23. The smallest absolute Gasteiger partial charge is 0.219 e. The van der Waals surface area contributed by atoms with E-state index in [9.17, 15) is 4.79 Å². The molecule has 2 aliphatic rings. The molecule has 1 aromatic heterocycles. The second-order valence-corrected chi connectivity index (χ2v) is 7.22. The minimum Gasteiger partial charge on any atom is -0.481 e. The van der Waals surface area contributed by atoms with Crippen LogP contribution >= 0.6 is 0 Å². The number of anilines is 1. The average Bonchev–Trinajstić information content (AvgIpc) is 3.20. The zero-order chi connectivity index (χ0) is 18.3. The minimum atomic E-state index is 0.132. The Morgan fingerprint density at radius 1 is 1.19 bits per heavy atom. The average molecular weight is 352 g/mol. The number of ether oxygens (including phenoxy) is 1. The van der Waals surface area contributed by atoms with Crippen molar-refractivity contribution in [2.75, 3.05) is 31.6 Å². The molecular formula is C20H24N4O2. The maximum absolute atomic E-state index is 12.3. The lowest BCUT2D eigenvalue weighted by atomic mass is 9.87. The van der Waals surface area contributed by atoms with Crippen LogP contribution in [0.15, 0.2) is 36.7 Å². The molecule has 0 spiro atoms. The zero-order valence-electron chi connectivity index (χ0n) is 15.4. The number of benzene rings is 1. The molecular weight excluding hydrogens is 328 g/mol. The molecule has 0 unspecified atom stereocenters. The van der Waals surface area contributed by atoms with Gasteiger partial charge in [-0.25, -0.2) is 9.97 Å². The van der Waals surface area contributed by atoms with Crippen molar-refractivity contribution >= 4 is 11.7 Å².